The summed E-state index contributed by atoms with van der Waals surface area (Å²) < 4.78 is 0. The fourth-order valence-corrected chi connectivity index (χ4v) is 2.50. The number of carbonyl (C=O) groups excluding carboxylic acids is 1. The molecule has 1 saturated carbocycles. The van der Waals surface area contributed by atoms with E-state index >= 15 is 0 Å². The van der Waals surface area contributed by atoms with Crippen molar-refractivity contribution >= 4 is 11.6 Å². The van der Waals surface area contributed by atoms with E-state index in [0.717, 1.165) is 19.4 Å². The zero-order chi connectivity index (χ0) is 15.2. The number of carbonyl (C=O) groups is 1. The van der Waals surface area contributed by atoms with Gasteiger partial charge in [-0.25, -0.2) is 0 Å². The van der Waals surface area contributed by atoms with E-state index < -0.39 is 0 Å². The lowest BCUT2D eigenvalue weighted by atomic mass is 10.2. The number of anilines is 1. The largest absolute Gasteiger partial charge is 0.325 e. The molecule has 21 heavy (non-hydrogen) atoms. The zero-order valence-corrected chi connectivity index (χ0v) is 12.8. The van der Waals surface area contributed by atoms with Crippen LogP contribution in [0.4, 0.5) is 5.69 Å². The topological polar surface area (TPSA) is 56.1 Å². The Morgan fingerprint density at radius 3 is 2.90 bits per heavy atom. The first-order valence-electron chi connectivity index (χ1n) is 7.72. The third-order valence-electron chi connectivity index (χ3n) is 3.92. The summed E-state index contributed by atoms with van der Waals surface area (Å²) in [6, 6.07) is 9.57. The summed E-state index contributed by atoms with van der Waals surface area (Å²) in [5.41, 5.74) is 1.25. The maximum absolute atomic E-state index is 12.4. The number of nitriles is 1. The lowest BCUT2D eigenvalue weighted by molar-refractivity contribution is -0.121. The van der Waals surface area contributed by atoms with Gasteiger partial charge in [0, 0.05) is 11.7 Å². The normalized spacial score (nSPS) is 15.5. The minimum absolute atomic E-state index is 0.00749. The van der Waals surface area contributed by atoms with Crippen LogP contribution in [0.1, 0.15) is 45.1 Å². The molecule has 0 aliphatic heterocycles. The van der Waals surface area contributed by atoms with Crippen molar-refractivity contribution in [1.29, 1.82) is 5.26 Å². The third kappa shape index (κ3) is 4.30. The molecule has 0 saturated heterocycles. The van der Waals surface area contributed by atoms with E-state index in [9.17, 15) is 4.79 Å². The molecule has 0 spiro atoms. The van der Waals surface area contributed by atoms with Crippen LogP contribution in [-0.4, -0.2) is 29.4 Å². The van der Waals surface area contributed by atoms with E-state index in [1.165, 1.54) is 12.8 Å². The highest BCUT2D eigenvalue weighted by atomic mass is 16.2. The van der Waals surface area contributed by atoms with Crippen molar-refractivity contribution in [3.8, 4) is 6.07 Å². The molecule has 1 fully saturated rings. The van der Waals surface area contributed by atoms with Crippen molar-refractivity contribution in [3.63, 3.8) is 0 Å². The molecule has 112 valence electrons. The summed E-state index contributed by atoms with van der Waals surface area (Å²) in [6.45, 7) is 5.12. The van der Waals surface area contributed by atoms with Crippen LogP contribution in [0.25, 0.3) is 0 Å². The molecule has 1 aromatic rings. The van der Waals surface area contributed by atoms with E-state index in [4.69, 9.17) is 5.26 Å². The number of rotatable bonds is 7. The second-order valence-corrected chi connectivity index (χ2v) is 5.68. The van der Waals surface area contributed by atoms with Crippen molar-refractivity contribution in [3.05, 3.63) is 29.8 Å². The first kappa shape index (κ1) is 15.5. The fraction of sp³-hybridized carbons (Fsp3) is 0.529. The van der Waals surface area contributed by atoms with Gasteiger partial charge in [0.15, 0.2) is 0 Å². The van der Waals surface area contributed by atoms with Gasteiger partial charge in [-0.3, -0.25) is 9.69 Å². The van der Waals surface area contributed by atoms with Gasteiger partial charge in [0.2, 0.25) is 5.91 Å². The van der Waals surface area contributed by atoms with Crippen LogP contribution >= 0.6 is 0 Å². The van der Waals surface area contributed by atoms with Gasteiger partial charge in [-0.15, -0.1) is 0 Å². The Morgan fingerprint density at radius 2 is 2.29 bits per heavy atom. The molecule has 0 aromatic heterocycles. The molecule has 1 aliphatic carbocycles. The number of nitrogens with one attached hydrogen (secondary N) is 1. The molecule has 0 radical (unpaired) electrons. The fourth-order valence-electron chi connectivity index (χ4n) is 2.50. The van der Waals surface area contributed by atoms with E-state index in [1.54, 1.807) is 18.2 Å². The van der Waals surface area contributed by atoms with Crippen LogP contribution in [0.5, 0.6) is 0 Å². The standard InChI is InChI=1S/C17H23N3O/c1-3-4-10-20(16-8-9-16)13(2)17(21)19-15-7-5-6-14(11-15)12-18/h5-7,11,13,16H,3-4,8-10H2,1-2H3,(H,19,21). The molecular formula is C17H23N3O. The Morgan fingerprint density at radius 1 is 1.52 bits per heavy atom. The smallest absolute Gasteiger partial charge is 0.241 e. The highest BCUT2D eigenvalue weighted by Gasteiger charge is 2.34. The van der Waals surface area contributed by atoms with Gasteiger partial charge in [0.05, 0.1) is 17.7 Å². The van der Waals surface area contributed by atoms with Crippen LogP contribution in [0.3, 0.4) is 0 Å². The second-order valence-electron chi connectivity index (χ2n) is 5.68. The minimum atomic E-state index is -0.130. The van der Waals surface area contributed by atoms with Crippen LogP contribution in [0.2, 0.25) is 0 Å². The van der Waals surface area contributed by atoms with E-state index in [1.807, 2.05) is 13.0 Å². The maximum Gasteiger partial charge on any atom is 0.241 e. The average molecular weight is 285 g/mol. The van der Waals surface area contributed by atoms with Gasteiger partial charge < -0.3 is 5.32 Å². The Kier molecular flexibility index (Phi) is 5.35. The molecule has 1 N–H and O–H groups in total. The van der Waals surface area contributed by atoms with Gasteiger partial charge >= 0.3 is 0 Å². The van der Waals surface area contributed by atoms with Gasteiger partial charge in [0.1, 0.15) is 0 Å². The molecule has 4 heteroatoms. The molecule has 0 bridgehead atoms. The summed E-state index contributed by atoms with van der Waals surface area (Å²) in [4.78, 5) is 14.7. The quantitative estimate of drug-likeness (QED) is 0.837. The van der Waals surface area contributed by atoms with Crippen molar-refractivity contribution in [2.75, 3.05) is 11.9 Å². The third-order valence-corrected chi connectivity index (χ3v) is 3.92. The SMILES string of the molecule is CCCCN(C1CC1)C(C)C(=O)Nc1cccc(C#N)c1. The molecule has 2 rings (SSSR count). The number of benzene rings is 1. The number of unbranched alkanes of at least 4 members (excludes halogenated alkanes) is 1. The Hall–Kier alpha value is -1.86. The van der Waals surface area contributed by atoms with Crippen LogP contribution < -0.4 is 5.32 Å². The number of hydrogen-bond donors (Lipinski definition) is 1. The van der Waals surface area contributed by atoms with E-state index in [2.05, 4.69) is 23.2 Å². The summed E-state index contributed by atoms with van der Waals surface area (Å²) in [5, 5.41) is 11.8. The van der Waals surface area contributed by atoms with Crippen molar-refractivity contribution < 1.29 is 4.79 Å². The van der Waals surface area contributed by atoms with Crippen LogP contribution in [-0.2, 0) is 4.79 Å². The predicted molar refractivity (Wildman–Crippen MR) is 83.9 cm³/mol. The van der Waals surface area contributed by atoms with Crippen molar-refractivity contribution in [2.24, 2.45) is 0 Å². The zero-order valence-electron chi connectivity index (χ0n) is 12.8. The summed E-state index contributed by atoms with van der Waals surface area (Å²) in [7, 11) is 0. The van der Waals surface area contributed by atoms with E-state index in [0.29, 0.717) is 17.3 Å². The molecule has 0 heterocycles. The highest BCUT2D eigenvalue weighted by Crippen LogP contribution is 2.29. The molecule has 1 aromatic carbocycles. The summed E-state index contributed by atoms with van der Waals surface area (Å²) in [5.74, 6) is 0.00749. The lowest BCUT2D eigenvalue weighted by Crippen LogP contribution is -2.43. The van der Waals surface area contributed by atoms with Crippen molar-refractivity contribution in [2.45, 2.75) is 51.6 Å². The van der Waals surface area contributed by atoms with Gasteiger partial charge in [-0.2, -0.15) is 5.26 Å². The predicted octanol–water partition coefficient (Wildman–Crippen LogP) is 3.15. The summed E-state index contributed by atoms with van der Waals surface area (Å²) in [6.07, 6.45) is 4.66. The van der Waals surface area contributed by atoms with Gasteiger partial charge in [-0.1, -0.05) is 19.4 Å². The highest BCUT2D eigenvalue weighted by molar-refractivity contribution is 5.94. The lowest BCUT2D eigenvalue weighted by Gasteiger charge is -2.28. The van der Waals surface area contributed by atoms with E-state index in [-0.39, 0.29) is 11.9 Å². The second kappa shape index (κ2) is 7.24. The number of amides is 1. The molecule has 1 unspecified atom stereocenters. The number of hydrogen-bond acceptors (Lipinski definition) is 3. The maximum atomic E-state index is 12.4. The average Bonchev–Trinajstić information content (AvgIpc) is 3.32. The van der Waals surface area contributed by atoms with Gasteiger partial charge in [-0.05, 0) is 50.9 Å². The van der Waals surface area contributed by atoms with Crippen LogP contribution in [0.15, 0.2) is 24.3 Å². The van der Waals surface area contributed by atoms with Crippen LogP contribution in [0, 0.1) is 11.3 Å². The monoisotopic (exact) mass is 285 g/mol. The molecular weight excluding hydrogens is 262 g/mol. The first-order chi connectivity index (χ1) is 10.2. The Labute approximate surface area is 126 Å². The molecule has 4 nitrogen and oxygen atoms in total. The Balaban J connectivity index is 1.98. The van der Waals surface area contributed by atoms with Gasteiger partial charge in [0.25, 0.3) is 0 Å². The van der Waals surface area contributed by atoms with Crippen molar-refractivity contribution in [1.82, 2.24) is 4.90 Å². The Bertz CT molecular complexity index is 531. The molecule has 1 amide bonds. The minimum Gasteiger partial charge on any atom is -0.325 e. The molecule has 1 aliphatic rings. The summed E-state index contributed by atoms with van der Waals surface area (Å²) >= 11 is 0. The number of nitrogens with zero attached hydrogens (tertiary/aromatic N) is 2. The first-order valence-corrected chi connectivity index (χ1v) is 7.72. The molecule has 1 atom stereocenters.